The molecule has 0 spiro atoms. The van der Waals surface area contributed by atoms with Gasteiger partial charge in [0, 0.05) is 11.1 Å². The average molecular weight is 1640 g/mol. The first-order chi connectivity index (χ1) is 49.8. The molecule has 10 unspecified atom stereocenters. The number of allylic oxidation sites excluding steroid dienone is 10. The predicted octanol–water partition coefficient (Wildman–Crippen LogP) is 32.8. The molecule has 6 aromatic rings. The molecule has 6 aliphatic rings. The first-order valence-electron chi connectivity index (χ1n) is 41.8. The second-order valence-electron chi connectivity index (χ2n) is 45.0. The van der Waals surface area contributed by atoms with E-state index in [1.54, 1.807) is 22.3 Å². The molecule has 0 aliphatic heterocycles. The number of rotatable bonds is 8. The van der Waals surface area contributed by atoms with Gasteiger partial charge in [0.2, 0.25) is 0 Å². The van der Waals surface area contributed by atoms with E-state index in [9.17, 15) is 0 Å². The molecule has 0 N–H and O–H groups in total. The Morgan fingerprint density at radius 1 is 0.324 bits per heavy atom. The Kier molecular flexibility index (Phi) is 27.0. The van der Waals surface area contributed by atoms with Crippen LogP contribution in [0, 0.1) is 64.2 Å². The third kappa shape index (κ3) is 19.1. The fourth-order valence-corrected chi connectivity index (χ4v) is 32.5. The van der Waals surface area contributed by atoms with Crippen LogP contribution >= 0.6 is 17.0 Å². The molecule has 111 heavy (non-hydrogen) atoms. The molecule has 0 heterocycles. The second kappa shape index (κ2) is 32.5. The molecule has 6 aromatic carbocycles. The van der Waals surface area contributed by atoms with E-state index in [0.29, 0.717) is 34.8 Å². The van der Waals surface area contributed by atoms with Gasteiger partial charge in [0.05, 0.1) is 16.1 Å². The first-order valence-corrected chi connectivity index (χ1v) is 54.5. The van der Waals surface area contributed by atoms with Crippen LogP contribution in [0.15, 0.2) is 144 Å². The third-order valence-electron chi connectivity index (χ3n) is 26.9. The summed E-state index contributed by atoms with van der Waals surface area (Å²) >= 11 is -0.826. The van der Waals surface area contributed by atoms with Gasteiger partial charge in [0.1, 0.15) is 0 Å². The summed E-state index contributed by atoms with van der Waals surface area (Å²) < 4.78 is 0. The van der Waals surface area contributed by atoms with Crippen molar-refractivity contribution in [3.8, 4) is 22.3 Å². The van der Waals surface area contributed by atoms with Gasteiger partial charge in [-0.3, -0.25) is 0 Å². The Hall–Kier alpha value is -4.34. The molecule has 5 heteroatoms. The van der Waals surface area contributed by atoms with Crippen molar-refractivity contribution in [2.75, 3.05) is 0 Å². The Bertz CT molecular complexity index is 4240. The van der Waals surface area contributed by atoms with Crippen LogP contribution in [0.25, 0.3) is 45.6 Å². The average Bonchev–Trinajstić information content (AvgIpc) is 1.58. The van der Waals surface area contributed by atoms with E-state index >= 15 is 0 Å². The quantitative estimate of drug-likeness (QED) is 0.105. The van der Waals surface area contributed by atoms with E-state index in [0.717, 1.165) is 22.9 Å². The fraction of sp³-hybridized carbons (Fsp3) is 0.528. The van der Waals surface area contributed by atoms with E-state index in [4.69, 9.17) is 17.0 Å². The van der Waals surface area contributed by atoms with E-state index in [-0.39, 0.29) is 58.2 Å². The molecule has 10 atom stereocenters. The van der Waals surface area contributed by atoms with Crippen LogP contribution in [-0.2, 0) is 64.2 Å². The van der Waals surface area contributed by atoms with Crippen molar-refractivity contribution in [1.29, 1.82) is 0 Å². The molecule has 0 radical (unpaired) electrons. The van der Waals surface area contributed by atoms with Crippen LogP contribution in [0.5, 0.6) is 0 Å². The van der Waals surface area contributed by atoms with E-state index in [1.807, 2.05) is 0 Å². The summed E-state index contributed by atoms with van der Waals surface area (Å²) in [4.78, 5) is 0. The van der Waals surface area contributed by atoms with Gasteiger partial charge in [-0.15, -0.1) is 0 Å². The molecular weight excluding hydrogens is 1490 g/mol. The molecular formula is C106H150Cl2Si2Zr. The molecule has 2 fully saturated rings. The topological polar surface area (TPSA) is 0 Å². The van der Waals surface area contributed by atoms with Gasteiger partial charge >= 0.3 is 37.9 Å². The van der Waals surface area contributed by atoms with Gasteiger partial charge in [-0.1, -0.05) is 373 Å². The Labute approximate surface area is 702 Å². The zero-order chi connectivity index (χ0) is 81.5. The maximum atomic E-state index is 4.93. The van der Waals surface area contributed by atoms with Crippen LogP contribution in [0.1, 0.15) is 321 Å². The summed E-state index contributed by atoms with van der Waals surface area (Å²) in [5.74, 6) is 3.95. The molecule has 12 rings (SSSR count). The Morgan fingerprint density at radius 3 is 0.793 bits per heavy atom. The van der Waals surface area contributed by atoms with Crippen molar-refractivity contribution in [3.05, 3.63) is 248 Å². The molecule has 0 nitrogen and oxygen atoms in total. The molecule has 6 aliphatic carbocycles. The Balaban J connectivity index is 0.000000265. The molecule has 0 bridgehead atoms. The van der Waals surface area contributed by atoms with Gasteiger partial charge in [0.15, 0.2) is 0 Å². The predicted molar refractivity (Wildman–Crippen MR) is 500 cm³/mol. The number of halogens is 2. The van der Waals surface area contributed by atoms with Crippen molar-refractivity contribution in [2.24, 2.45) is 35.5 Å². The molecule has 0 aromatic heterocycles. The van der Waals surface area contributed by atoms with Gasteiger partial charge in [-0.25, -0.2) is 0 Å². The Morgan fingerprint density at radius 2 is 0.559 bits per heavy atom. The van der Waals surface area contributed by atoms with Gasteiger partial charge in [-0.2, -0.15) is 0 Å². The van der Waals surface area contributed by atoms with E-state index in [1.165, 1.54) is 135 Å². The minimum absolute atomic E-state index is 0. The number of benzene rings is 6. The molecule has 0 saturated heterocycles. The minimum atomic E-state index is -2.06. The van der Waals surface area contributed by atoms with Crippen LogP contribution in [0.2, 0.25) is 37.3 Å². The van der Waals surface area contributed by atoms with Crippen LogP contribution in [0.4, 0.5) is 0 Å². The molecule has 600 valence electrons. The van der Waals surface area contributed by atoms with Gasteiger partial charge < -0.3 is 14.9 Å². The first kappa shape index (κ1) is 92.2. The SMILES string of the molecule is CC1=CC2C(CC(C)C2[Si](C)(C)C2C(C)CC3C(c4cc(C(C)(C)C)cc(C(C)(C)C)c4)=CC(C)=CC32)C(c2cc(C(C)(C)C)cc(C(C)(C)C)c2)=C1.CC1=Cc2c(-c3cc(C(C)(C)C)cc(C(C)(C)C)c3)cc(C)cc2C1[Si](C)(C)C1C(C)=Cc2c(-c3cc(C(C)(C)C)cc(C(C)(C)C)c3)cc(C)cc21.[CH3-].[CH3-].[Cl][Zr+2][Cl]. The molecule has 0 amide bonds. The van der Waals surface area contributed by atoms with E-state index < -0.39 is 37.0 Å². The second-order valence-corrected chi connectivity index (χ2v) is 58.6. The number of hydrogen-bond donors (Lipinski definition) is 0. The normalized spacial score (nSPS) is 22.8. The summed E-state index contributed by atoms with van der Waals surface area (Å²) in [7, 11) is 6.00. The van der Waals surface area contributed by atoms with Crippen molar-refractivity contribution < 1.29 is 20.8 Å². The summed E-state index contributed by atoms with van der Waals surface area (Å²) in [6.07, 6.45) is 18.4. The number of fused-ring (bicyclic) bond motifs is 4. The summed E-state index contributed by atoms with van der Waals surface area (Å²) in [5.41, 5.74) is 41.2. The van der Waals surface area contributed by atoms with E-state index in [2.05, 4.69) is 381 Å². The van der Waals surface area contributed by atoms with Crippen molar-refractivity contribution in [1.82, 2.24) is 0 Å². The van der Waals surface area contributed by atoms with Crippen molar-refractivity contribution in [2.45, 2.75) is 326 Å². The maximum absolute atomic E-state index is 4.93. The van der Waals surface area contributed by atoms with Gasteiger partial charge in [-0.05, 0) is 256 Å². The van der Waals surface area contributed by atoms with Crippen molar-refractivity contribution in [3.63, 3.8) is 0 Å². The summed E-state index contributed by atoms with van der Waals surface area (Å²) in [5, 5.41) is 0. The zero-order valence-corrected chi connectivity index (χ0v) is 83.1. The monoisotopic (exact) mass is 1640 g/mol. The standard InChI is InChI=1S/C52H76Si.C52H68Si.2CH3.2ClH.Zr/c2*1-31-19-41(35-25-37(49(5,6)7)29-38(26-35)50(8,9)10)43-23-33(3)47(45(43)21-31)53(17,18)48-34(4)24-44-42(20-32(2)22-46(44)48)36-27-39(51(11,12)13)30-40(28-36)52(14,15)16;;;;;/h19-22,25-30,33-34,43-48H,23-24H2,1-18H3;19-30,47-48H,1-18H3;2*1H3;2*1H;/q;;2*-1;;;+4/p-2. The summed E-state index contributed by atoms with van der Waals surface area (Å²) in [6, 6.07) is 40.0. The number of aryl methyl sites for hydroxylation is 2. The van der Waals surface area contributed by atoms with Crippen LogP contribution in [0.3, 0.4) is 0 Å². The molecule has 2 saturated carbocycles. The van der Waals surface area contributed by atoms with Crippen molar-refractivity contribution >= 4 is 56.5 Å². The number of hydrogen-bond acceptors (Lipinski definition) is 0. The van der Waals surface area contributed by atoms with Gasteiger partial charge in [0.25, 0.3) is 0 Å². The summed E-state index contributed by atoms with van der Waals surface area (Å²) in [6.45, 7) is 87.3. The zero-order valence-electron chi connectivity index (χ0n) is 77.1. The van der Waals surface area contributed by atoms with Crippen LogP contribution in [-0.4, -0.2) is 16.1 Å². The third-order valence-corrected chi connectivity index (χ3v) is 36.7. The fourth-order valence-electron chi connectivity index (χ4n) is 21.3. The van der Waals surface area contributed by atoms with Crippen LogP contribution < -0.4 is 0 Å².